The van der Waals surface area contributed by atoms with Gasteiger partial charge in [0.05, 0.1) is 12.1 Å². The highest BCUT2D eigenvalue weighted by Gasteiger charge is 2.38. The molecule has 0 spiro atoms. The Kier molecular flexibility index (Phi) is 2.64. The highest BCUT2D eigenvalue weighted by atomic mass is 19.4. The summed E-state index contributed by atoms with van der Waals surface area (Å²) in [7, 11) is 1.51. The molecule has 78 valence electrons. The molecule has 0 saturated carbocycles. The average molecular weight is 206 g/mol. The Morgan fingerprint density at radius 2 is 2.14 bits per heavy atom. The van der Waals surface area contributed by atoms with Crippen LogP contribution in [0.1, 0.15) is 11.4 Å². The summed E-state index contributed by atoms with van der Waals surface area (Å²) in [4.78, 5) is 10.6. The lowest BCUT2D eigenvalue weighted by Gasteiger charge is -2.04. The molecule has 6 heteroatoms. The van der Waals surface area contributed by atoms with Gasteiger partial charge in [-0.05, 0) is 13.0 Å². The van der Waals surface area contributed by atoms with Crippen LogP contribution < -0.4 is 0 Å². The van der Waals surface area contributed by atoms with Gasteiger partial charge in [-0.1, -0.05) is 0 Å². The standard InChI is InChI=1S/C8H9F3N2O/c1-5-3-6(13(2)12-5)4-7(14)8(9,10)11/h3H,4H2,1-2H3. The molecule has 0 saturated heterocycles. The van der Waals surface area contributed by atoms with Crippen molar-refractivity contribution in [1.29, 1.82) is 0 Å². The summed E-state index contributed by atoms with van der Waals surface area (Å²) >= 11 is 0. The van der Waals surface area contributed by atoms with Crippen LogP contribution in [-0.4, -0.2) is 21.7 Å². The Balaban J connectivity index is 2.80. The summed E-state index contributed by atoms with van der Waals surface area (Å²) in [6, 6.07) is 1.46. The van der Waals surface area contributed by atoms with Crippen LogP contribution in [0.2, 0.25) is 0 Å². The van der Waals surface area contributed by atoms with Crippen LogP contribution in [0.15, 0.2) is 6.07 Å². The monoisotopic (exact) mass is 206 g/mol. The largest absolute Gasteiger partial charge is 0.450 e. The van der Waals surface area contributed by atoms with Crippen molar-refractivity contribution in [2.24, 2.45) is 7.05 Å². The van der Waals surface area contributed by atoms with Crippen LogP contribution in [0.3, 0.4) is 0 Å². The lowest BCUT2D eigenvalue weighted by atomic mass is 10.2. The minimum atomic E-state index is -4.77. The van der Waals surface area contributed by atoms with E-state index in [4.69, 9.17) is 0 Å². The van der Waals surface area contributed by atoms with Crippen LogP contribution in [0.25, 0.3) is 0 Å². The molecule has 0 aliphatic rings. The number of rotatable bonds is 2. The first kappa shape index (κ1) is 10.7. The third-order valence-corrected chi connectivity index (χ3v) is 1.76. The second-order valence-corrected chi connectivity index (χ2v) is 3.00. The van der Waals surface area contributed by atoms with Gasteiger partial charge >= 0.3 is 6.18 Å². The molecule has 0 unspecified atom stereocenters. The molecule has 3 nitrogen and oxygen atoms in total. The summed E-state index contributed by atoms with van der Waals surface area (Å²) in [5, 5.41) is 3.84. The van der Waals surface area contributed by atoms with Gasteiger partial charge in [0.25, 0.3) is 0 Å². The van der Waals surface area contributed by atoms with Gasteiger partial charge in [-0.25, -0.2) is 0 Å². The first-order valence-electron chi connectivity index (χ1n) is 3.90. The molecule has 1 rings (SSSR count). The minimum absolute atomic E-state index is 0.268. The Morgan fingerprint density at radius 3 is 2.50 bits per heavy atom. The number of alkyl halides is 3. The number of aromatic nitrogens is 2. The van der Waals surface area contributed by atoms with Gasteiger partial charge < -0.3 is 0 Å². The molecule has 0 atom stereocenters. The predicted molar refractivity (Wildman–Crippen MR) is 42.7 cm³/mol. The van der Waals surface area contributed by atoms with Crippen molar-refractivity contribution in [1.82, 2.24) is 9.78 Å². The molecule has 0 radical (unpaired) electrons. The zero-order chi connectivity index (χ0) is 10.9. The van der Waals surface area contributed by atoms with E-state index in [0.717, 1.165) is 0 Å². The zero-order valence-electron chi connectivity index (χ0n) is 7.72. The zero-order valence-corrected chi connectivity index (χ0v) is 7.72. The van der Waals surface area contributed by atoms with E-state index in [1.807, 2.05) is 0 Å². The Bertz CT molecular complexity index is 354. The summed E-state index contributed by atoms with van der Waals surface area (Å²) in [6.07, 6.45) is -5.42. The molecule has 0 N–H and O–H groups in total. The molecular formula is C8H9F3N2O. The van der Waals surface area contributed by atoms with E-state index < -0.39 is 18.4 Å². The van der Waals surface area contributed by atoms with Crippen LogP contribution >= 0.6 is 0 Å². The summed E-state index contributed by atoms with van der Waals surface area (Å²) in [5.41, 5.74) is 0.863. The van der Waals surface area contributed by atoms with E-state index in [9.17, 15) is 18.0 Å². The van der Waals surface area contributed by atoms with E-state index in [-0.39, 0.29) is 5.69 Å². The van der Waals surface area contributed by atoms with Crippen LogP contribution in [-0.2, 0) is 18.3 Å². The molecule has 1 aromatic heterocycles. The number of nitrogens with zero attached hydrogens (tertiary/aromatic N) is 2. The van der Waals surface area contributed by atoms with Crippen molar-refractivity contribution in [2.45, 2.75) is 19.5 Å². The quantitative estimate of drug-likeness (QED) is 0.733. The topological polar surface area (TPSA) is 34.9 Å². The maximum Gasteiger partial charge on any atom is 0.450 e. The fourth-order valence-electron chi connectivity index (χ4n) is 1.09. The molecule has 0 fully saturated rings. The summed E-state index contributed by atoms with van der Waals surface area (Å²) in [6.45, 7) is 1.65. The van der Waals surface area contributed by atoms with Crippen molar-refractivity contribution in [3.05, 3.63) is 17.5 Å². The fourth-order valence-corrected chi connectivity index (χ4v) is 1.09. The van der Waals surface area contributed by atoms with Crippen molar-refractivity contribution < 1.29 is 18.0 Å². The van der Waals surface area contributed by atoms with Gasteiger partial charge in [-0.2, -0.15) is 18.3 Å². The molecule has 0 bridgehead atoms. The van der Waals surface area contributed by atoms with Crippen LogP contribution in [0.4, 0.5) is 13.2 Å². The van der Waals surface area contributed by atoms with Gasteiger partial charge in [0.2, 0.25) is 5.78 Å². The summed E-state index contributed by atoms with van der Waals surface area (Å²) < 4.78 is 37.0. The second-order valence-electron chi connectivity index (χ2n) is 3.00. The number of ketones is 1. The number of aryl methyl sites for hydroxylation is 2. The van der Waals surface area contributed by atoms with Crippen molar-refractivity contribution in [3.8, 4) is 0 Å². The average Bonchev–Trinajstić information content (AvgIpc) is 2.28. The molecule has 0 aliphatic carbocycles. The Morgan fingerprint density at radius 1 is 1.57 bits per heavy atom. The minimum Gasteiger partial charge on any atom is -0.289 e. The van der Waals surface area contributed by atoms with Crippen LogP contribution in [0, 0.1) is 6.92 Å². The second kappa shape index (κ2) is 3.43. The number of hydrogen-bond donors (Lipinski definition) is 0. The number of carbonyl (C=O) groups is 1. The van der Waals surface area contributed by atoms with E-state index >= 15 is 0 Å². The lowest BCUT2D eigenvalue weighted by molar-refractivity contribution is -0.170. The van der Waals surface area contributed by atoms with Crippen LogP contribution in [0.5, 0.6) is 0 Å². The number of Topliss-reactive ketones (excluding diaryl/α,β-unsaturated/α-hetero) is 1. The van der Waals surface area contributed by atoms with Crippen molar-refractivity contribution >= 4 is 5.78 Å². The predicted octanol–water partition coefficient (Wildman–Crippen LogP) is 1.40. The maximum absolute atomic E-state index is 11.9. The van der Waals surface area contributed by atoms with Crippen molar-refractivity contribution in [3.63, 3.8) is 0 Å². The fraction of sp³-hybridized carbons (Fsp3) is 0.500. The lowest BCUT2D eigenvalue weighted by Crippen LogP contribution is -2.25. The van der Waals surface area contributed by atoms with E-state index in [1.54, 1.807) is 6.92 Å². The maximum atomic E-state index is 11.9. The third-order valence-electron chi connectivity index (χ3n) is 1.76. The smallest absolute Gasteiger partial charge is 0.289 e. The number of halogens is 3. The van der Waals surface area contributed by atoms with E-state index in [2.05, 4.69) is 5.10 Å². The summed E-state index contributed by atoms with van der Waals surface area (Å²) in [5.74, 6) is -1.75. The Labute approximate surface area is 78.5 Å². The van der Waals surface area contributed by atoms with Gasteiger partial charge in [-0.15, -0.1) is 0 Å². The van der Waals surface area contributed by atoms with Gasteiger partial charge in [0.1, 0.15) is 0 Å². The SMILES string of the molecule is Cc1cc(CC(=O)C(F)(F)F)n(C)n1. The van der Waals surface area contributed by atoms with E-state index in [0.29, 0.717) is 5.69 Å². The molecule has 1 aromatic rings. The first-order valence-corrected chi connectivity index (χ1v) is 3.90. The molecule has 0 aromatic carbocycles. The molecular weight excluding hydrogens is 197 g/mol. The molecule has 1 heterocycles. The normalized spacial score (nSPS) is 11.8. The molecule has 14 heavy (non-hydrogen) atoms. The van der Waals surface area contributed by atoms with Gasteiger partial charge in [0.15, 0.2) is 0 Å². The highest BCUT2D eigenvalue weighted by Crippen LogP contribution is 2.18. The number of carbonyl (C=O) groups excluding carboxylic acids is 1. The van der Waals surface area contributed by atoms with Crippen molar-refractivity contribution in [2.75, 3.05) is 0 Å². The molecule has 0 aliphatic heterocycles. The molecule has 0 amide bonds. The van der Waals surface area contributed by atoms with E-state index in [1.165, 1.54) is 17.8 Å². The van der Waals surface area contributed by atoms with Gasteiger partial charge in [0, 0.05) is 12.7 Å². The third kappa shape index (κ3) is 2.34. The Hall–Kier alpha value is -1.33. The highest BCUT2D eigenvalue weighted by molar-refractivity contribution is 5.85. The first-order chi connectivity index (χ1) is 6.30. The van der Waals surface area contributed by atoms with Gasteiger partial charge in [-0.3, -0.25) is 9.48 Å². The number of hydrogen-bond acceptors (Lipinski definition) is 2.